The lowest BCUT2D eigenvalue weighted by Gasteiger charge is -2.09. The maximum atomic E-state index is 10.9. The predicted molar refractivity (Wildman–Crippen MR) is 84.8 cm³/mol. The Morgan fingerprint density at radius 1 is 1.14 bits per heavy atom. The summed E-state index contributed by atoms with van der Waals surface area (Å²) >= 11 is 11.9. The lowest BCUT2D eigenvalue weighted by molar-refractivity contribution is -0.385. The smallest absolute Gasteiger partial charge is 0.272 e. The van der Waals surface area contributed by atoms with Crippen molar-refractivity contribution in [2.45, 2.75) is 20.0 Å². The number of nitro groups is 1. The van der Waals surface area contributed by atoms with E-state index in [0.717, 1.165) is 11.1 Å². The highest BCUT2D eigenvalue weighted by Crippen LogP contribution is 2.22. The van der Waals surface area contributed by atoms with Gasteiger partial charge >= 0.3 is 0 Å². The Balaban J connectivity index is 2.04. The summed E-state index contributed by atoms with van der Waals surface area (Å²) < 4.78 is 0. The predicted octanol–water partition coefficient (Wildman–Crippen LogP) is 4.50. The zero-order valence-electron chi connectivity index (χ0n) is 11.4. The molecular formula is C15H14Cl2N2O2. The van der Waals surface area contributed by atoms with Gasteiger partial charge in [0, 0.05) is 34.8 Å². The minimum absolute atomic E-state index is 0.139. The van der Waals surface area contributed by atoms with Gasteiger partial charge in [-0.2, -0.15) is 0 Å². The molecule has 0 unspecified atom stereocenters. The topological polar surface area (TPSA) is 55.2 Å². The van der Waals surface area contributed by atoms with Crippen molar-refractivity contribution in [3.8, 4) is 0 Å². The molecule has 0 heterocycles. The third-order valence-electron chi connectivity index (χ3n) is 3.18. The molecule has 6 heteroatoms. The quantitative estimate of drug-likeness (QED) is 0.650. The van der Waals surface area contributed by atoms with Crippen LogP contribution in [-0.2, 0) is 13.1 Å². The van der Waals surface area contributed by atoms with Gasteiger partial charge in [-0.1, -0.05) is 35.3 Å². The average molecular weight is 325 g/mol. The summed E-state index contributed by atoms with van der Waals surface area (Å²) in [6.07, 6.45) is 0. The monoisotopic (exact) mass is 324 g/mol. The van der Waals surface area contributed by atoms with Crippen LogP contribution in [0.4, 0.5) is 5.69 Å². The van der Waals surface area contributed by atoms with E-state index < -0.39 is 0 Å². The largest absolute Gasteiger partial charge is 0.309 e. The molecule has 0 aliphatic carbocycles. The molecular weight excluding hydrogens is 311 g/mol. The first-order valence-electron chi connectivity index (χ1n) is 6.36. The fourth-order valence-electron chi connectivity index (χ4n) is 2.11. The Kier molecular flexibility index (Phi) is 5.17. The van der Waals surface area contributed by atoms with Gasteiger partial charge in [0.2, 0.25) is 0 Å². The Bertz CT molecular complexity index is 654. The summed E-state index contributed by atoms with van der Waals surface area (Å²) in [6, 6.07) is 10.4. The van der Waals surface area contributed by atoms with E-state index in [4.69, 9.17) is 23.2 Å². The van der Waals surface area contributed by atoms with E-state index in [2.05, 4.69) is 5.32 Å². The molecule has 0 amide bonds. The van der Waals surface area contributed by atoms with E-state index in [9.17, 15) is 10.1 Å². The van der Waals surface area contributed by atoms with Crippen molar-refractivity contribution in [1.82, 2.24) is 5.32 Å². The van der Waals surface area contributed by atoms with Crippen molar-refractivity contribution in [1.29, 1.82) is 0 Å². The van der Waals surface area contributed by atoms with Gasteiger partial charge in [-0.15, -0.1) is 0 Å². The SMILES string of the molecule is Cc1c(CNCc2cc(Cl)cc(Cl)c2)cccc1[N+](=O)[O-]. The van der Waals surface area contributed by atoms with Crippen LogP contribution in [0.3, 0.4) is 0 Å². The first kappa shape index (κ1) is 15.8. The van der Waals surface area contributed by atoms with Gasteiger partial charge in [-0.3, -0.25) is 10.1 Å². The standard InChI is InChI=1S/C15H14Cl2N2O2/c1-10-12(3-2-4-15(10)19(20)21)9-18-8-11-5-13(16)7-14(17)6-11/h2-7,18H,8-9H2,1H3. The molecule has 4 nitrogen and oxygen atoms in total. The Morgan fingerprint density at radius 3 is 2.43 bits per heavy atom. The average Bonchev–Trinajstić information content (AvgIpc) is 2.39. The van der Waals surface area contributed by atoms with Gasteiger partial charge in [0.05, 0.1) is 4.92 Å². The number of nitrogens with one attached hydrogen (secondary N) is 1. The highest BCUT2D eigenvalue weighted by atomic mass is 35.5. The normalized spacial score (nSPS) is 10.6. The Hall–Kier alpha value is -1.62. The summed E-state index contributed by atoms with van der Waals surface area (Å²) in [4.78, 5) is 10.5. The molecule has 2 rings (SSSR count). The van der Waals surface area contributed by atoms with Crippen LogP contribution >= 0.6 is 23.2 Å². The van der Waals surface area contributed by atoms with Gasteiger partial charge < -0.3 is 5.32 Å². The molecule has 0 radical (unpaired) electrons. The molecule has 2 aromatic carbocycles. The Labute approximate surface area is 132 Å². The van der Waals surface area contributed by atoms with E-state index in [1.54, 1.807) is 19.1 Å². The number of hydrogen-bond acceptors (Lipinski definition) is 3. The van der Waals surface area contributed by atoms with Crippen LogP contribution in [0.1, 0.15) is 16.7 Å². The summed E-state index contributed by atoms with van der Waals surface area (Å²) in [5.74, 6) is 0. The van der Waals surface area contributed by atoms with Gasteiger partial charge in [0.15, 0.2) is 0 Å². The van der Waals surface area contributed by atoms with Crippen molar-refractivity contribution in [3.05, 3.63) is 73.2 Å². The summed E-state index contributed by atoms with van der Waals surface area (Å²) in [7, 11) is 0. The number of hydrogen-bond donors (Lipinski definition) is 1. The number of rotatable bonds is 5. The third kappa shape index (κ3) is 4.17. The molecule has 21 heavy (non-hydrogen) atoms. The molecule has 0 atom stereocenters. The molecule has 0 aromatic heterocycles. The molecule has 0 fully saturated rings. The van der Waals surface area contributed by atoms with E-state index in [1.807, 2.05) is 18.2 Å². The number of nitro benzene ring substituents is 1. The van der Waals surface area contributed by atoms with Crippen LogP contribution in [0.25, 0.3) is 0 Å². The van der Waals surface area contributed by atoms with E-state index >= 15 is 0 Å². The van der Waals surface area contributed by atoms with Crippen molar-refractivity contribution in [2.24, 2.45) is 0 Å². The lowest BCUT2D eigenvalue weighted by atomic mass is 10.1. The van der Waals surface area contributed by atoms with Crippen molar-refractivity contribution in [3.63, 3.8) is 0 Å². The Morgan fingerprint density at radius 2 is 1.81 bits per heavy atom. The first-order valence-corrected chi connectivity index (χ1v) is 7.11. The van der Waals surface area contributed by atoms with Crippen LogP contribution in [-0.4, -0.2) is 4.92 Å². The van der Waals surface area contributed by atoms with Gasteiger partial charge in [0.1, 0.15) is 0 Å². The summed E-state index contributed by atoms with van der Waals surface area (Å²) in [5, 5.41) is 15.3. The van der Waals surface area contributed by atoms with E-state index in [-0.39, 0.29) is 10.6 Å². The molecule has 0 aliphatic heterocycles. The molecule has 0 aliphatic rings. The fraction of sp³-hybridized carbons (Fsp3) is 0.200. The van der Waals surface area contributed by atoms with Crippen LogP contribution in [0.5, 0.6) is 0 Å². The van der Waals surface area contributed by atoms with Crippen molar-refractivity contribution in [2.75, 3.05) is 0 Å². The minimum Gasteiger partial charge on any atom is -0.309 e. The molecule has 0 saturated heterocycles. The highest BCUT2D eigenvalue weighted by Gasteiger charge is 2.12. The lowest BCUT2D eigenvalue weighted by Crippen LogP contribution is -2.14. The van der Waals surface area contributed by atoms with Gasteiger partial charge in [0.25, 0.3) is 5.69 Å². The zero-order chi connectivity index (χ0) is 15.4. The van der Waals surface area contributed by atoms with Gasteiger partial charge in [-0.05, 0) is 36.2 Å². The molecule has 0 saturated carbocycles. The second-order valence-corrected chi connectivity index (χ2v) is 5.57. The summed E-state index contributed by atoms with van der Waals surface area (Å²) in [5.41, 5.74) is 2.69. The minimum atomic E-state index is -0.366. The van der Waals surface area contributed by atoms with Gasteiger partial charge in [-0.25, -0.2) is 0 Å². The van der Waals surface area contributed by atoms with Crippen LogP contribution in [0.2, 0.25) is 10.0 Å². The van der Waals surface area contributed by atoms with E-state index in [1.165, 1.54) is 6.07 Å². The number of halogens is 2. The van der Waals surface area contributed by atoms with Crippen molar-refractivity contribution < 1.29 is 4.92 Å². The molecule has 110 valence electrons. The zero-order valence-corrected chi connectivity index (χ0v) is 12.9. The third-order valence-corrected chi connectivity index (χ3v) is 3.62. The van der Waals surface area contributed by atoms with Crippen LogP contribution < -0.4 is 5.32 Å². The first-order chi connectivity index (χ1) is 9.97. The second-order valence-electron chi connectivity index (χ2n) is 4.70. The van der Waals surface area contributed by atoms with E-state index in [0.29, 0.717) is 28.7 Å². The van der Waals surface area contributed by atoms with Crippen LogP contribution in [0, 0.1) is 17.0 Å². The number of benzene rings is 2. The molecule has 2 aromatic rings. The molecule has 0 bridgehead atoms. The molecule has 1 N–H and O–H groups in total. The maximum absolute atomic E-state index is 10.9. The highest BCUT2D eigenvalue weighted by molar-refractivity contribution is 6.34. The molecule has 0 spiro atoms. The van der Waals surface area contributed by atoms with Crippen LogP contribution in [0.15, 0.2) is 36.4 Å². The number of nitrogens with zero attached hydrogens (tertiary/aromatic N) is 1. The summed E-state index contributed by atoms with van der Waals surface area (Å²) in [6.45, 7) is 2.88. The fourth-order valence-corrected chi connectivity index (χ4v) is 2.68. The second kappa shape index (κ2) is 6.89. The van der Waals surface area contributed by atoms with Crippen molar-refractivity contribution >= 4 is 28.9 Å². The maximum Gasteiger partial charge on any atom is 0.272 e.